The van der Waals surface area contributed by atoms with Crippen molar-refractivity contribution in [2.45, 2.75) is 78.0 Å². The molecule has 6 rings (SSSR count). The number of rotatable bonds is 11. The van der Waals surface area contributed by atoms with Gasteiger partial charge in [0.1, 0.15) is 0 Å². The number of nitrogens with zero attached hydrogens (tertiary/aromatic N) is 4. The zero-order valence-corrected chi connectivity index (χ0v) is 27.0. The van der Waals surface area contributed by atoms with Gasteiger partial charge in [0.15, 0.2) is 0 Å². The van der Waals surface area contributed by atoms with Crippen molar-refractivity contribution in [2.24, 2.45) is 28.6 Å². The summed E-state index contributed by atoms with van der Waals surface area (Å²) in [5.74, 6) is -0.166. The molecule has 2 saturated heterocycles. The second-order valence-electron chi connectivity index (χ2n) is 14.8. The second-order valence-corrected chi connectivity index (χ2v) is 14.8. The van der Waals surface area contributed by atoms with E-state index in [-0.39, 0.29) is 48.3 Å². The van der Waals surface area contributed by atoms with Gasteiger partial charge in [0.2, 0.25) is 11.8 Å². The van der Waals surface area contributed by atoms with Crippen molar-refractivity contribution in [3.05, 3.63) is 53.9 Å². The Bertz CT molecular complexity index is 1360. The fourth-order valence-corrected chi connectivity index (χ4v) is 7.65. The van der Waals surface area contributed by atoms with Gasteiger partial charge in [-0.1, -0.05) is 63.4 Å². The number of carbonyl (C=O) groups is 3. The largest absolute Gasteiger partial charge is 0.394 e. The first-order valence-corrected chi connectivity index (χ1v) is 16.8. The monoisotopic (exact) mass is 619 g/mol. The Labute approximate surface area is 266 Å². The van der Waals surface area contributed by atoms with Crippen LogP contribution in [0.4, 0.5) is 0 Å². The van der Waals surface area contributed by atoms with Crippen LogP contribution in [0.15, 0.2) is 42.7 Å². The summed E-state index contributed by atoms with van der Waals surface area (Å²) in [6.45, 7) is 8.63. The molecule has 3 amide bonds. The number of aromatic nitrogens is 2. The molecule has 2 N–H and O–H groups in total. The third kappa shape index (κ3) is 6.82. The summed E-state index contributed by atoms with van der Waals surface area (Å²) in [7, 11) is 0. The minimum atomic E-state index is -0.552. The van der Waals surface area contributed by atoms with E-state index in [4.69, 9.17) is 4.74 Å². The minimum absolute atomic E-state index is 0.0241. The summed E-state index contributed by atoms with van der Waals surface area (Å²) in [4.78, 5) is 44.5. The quantitative estimate of drug-likeness (QED) is 0.399. The molecule has 244 valence electrons. The first kappa shape index (κ1) is 31.7. The van der Waals surface area contributed by atoms with Crippen molar-refractivity contribution >= 4 is 17.7 Å². The Morgan fingerprint density at radius 3 is 2.40 bits per heavy atom. The predicted octanol–water partition coefficient (Wildman–Crippen LogP) is 3.34. The van der Waals surface area contributed by atoms with Gasteiger partial charge in [0.05, 0.1) is 43.0 Å². The van der Waals surface area contributed by atoms with Gasteiger partial charge in [-0.15, -0.1) is 0 Å². The maximum Gasteiger partial charge on any atom is 0.257 e. The topological polar surface area (TPSA) is 117 Å². The van der Waals surface area contributed by atoms with Gasteiger partial charge >= 0.3 is 0 Å². The Morgan fingerprint density at radius 1 is 1.04 bits per heavy atom. The van der Waals surface area contributed by atoms with Crippen molar-refractivity contribution < 1.29 is 24.2 Å². The van der Waals surface area contributed by atoms with Crippen LogP contribution in [0, 0.1) is 28.6 Å². The number of nitrogens with one attached hydrogen (secondary N) is 1. The lowest BCUT2D eigenvalue weighted by Crippen LogP contribution is -2.65. The Kier molecular flexibility index (Phi) is 9.07. The van der Waals surface area contributed by atoms with Crippen LogP contribution < -0.4 is 5.32 Å². The second kappa shape index (κ2) is 12.9. The molecule has 2 aliphatic carbocycles. The summed E-state index contributed by atoms with van der Waals surface area (Å²) in [6, 6.07) is 9.40. The van der Waals surface area contributed by atoms with E-state index < -0.39 is 17.4 Å². The smallest absolute Gasteiger partial charge is 0.257 e. The molecule has 4 atom stereocenters. The highest BCUT2D eigenvalue weighted by Gasteiger charge is 2.62. The zero-order valence-electron chi connectivity index (χ0n) is 27.0. The van der Waals surface area contributed by atoms with Crippen molar-refractivity contribution in [1.82, 2.24) is 24.9 Å². The predicted molar refractivity (Wildman–Crippen MR) is 169 cm³/mol. The molecule has 1 aromatic heterocycles. The number of ether oxygens (including phenoxy) is 1. The number of aliphatic hydroxyl groups excluding tert-OH is 1. The first-order chi connectivity index (χ1) is 21.6. The number of benzene rings is 1. The average molecular weight is 620 g/mol. The molecule has 10 nitrogen and oxygen atoms in total. The van der Waals surface area contributed by atoms with Gasteiger partial charge in [0, 0.05) is 50.3 Å². The van der Waals surface area contributed by atoms with E-state index in [0.29, 0.717) is 44.3 Å². The first-order valence-electron chi connectivity index (χ1n) is 16.8. The molecule has 0 radical (unpaired) electrons. The summed E-state index contributed by atoms with van der Waals surface area (Å²) in [5.41, 5.74) is 1.06. The Morgan fingerprint density at radius 2 is 1.73 bits per heavy atom. The van der Waals surface area contributed by atoms with Crippen LogP contribution in [0.1, 0.15) is 75.2 Å². The summed E-state index contributed by atoms with van der Waals surface area (Å²) in [6.07, 6.45) is 9.95. The van der Waals surface area contributed by atoms with Gasteiger partial charge in [-0.05, 0) is 43.1 Å². The molecule has 2 saturated carbocycles. The number of amides is 3. The summed E-state index contributed by atoms with van der Waals surface area (Å²) in [5, 5.41) is 17.7. The number of carbonyl (C=O) groups excluding carboxylic acids is 3. The van der Waals surface area contributed by atoms with Gasteiger partial charge < -0.3 is 25.0 Å². The zero-order chi connectivity index (χ0) is 31.8. The molecule has 1 spiro atoms. The van der Waals surface area contributed by atoms with Gasteiger partial charge in [-0.2, -0.15) is 5.10 Å². The molecular weight excluding hydrogens is 570 g/mol. The fraction of sp³-hybridized carbons (Fsp3) is 0.657. The van der Waals surface area contributed by atoms with Crippen LogP contribution in [0.25, 0.3) is 0 Å². The van der Waals surface area contributed by atoms with Crippen LogP contribution >= 0.6 is 0 Å². The van der Waals surface area contributed by atoms with E-state index in [9.17, 15) is 19.5 Å². The number of likely N-dealkylation sites (tertiary alicyclic amines) is 2. The molecule has 45 heavy (non-hydrogen) atoms. The van der Waals surface area contributed by atoms with Crippen molar-refractivity contribution in [3.8, 4) is 0 Å². The Balaban J connectivity index is 1.13. The van der Waals surface area contributed by atoms with E-state index in [1.165, 1.54) is 19.3 Å². The number of hydrogen-bond acceptors (Lipinski definition) is 6. The third-order valence-corrected chi connectivity index (χ3v) is 10.9. The molecule has 3 heterocycles. The van der Waals surface area contributed by atoms with Crippen LogP contribution in [0.5, 0.6) is 0 Å². The molecule has 2 aromatic rings. The highest BCUT2D eigenvalue weighted by atomic mass is 16.5. The lowest BCUT2D eigenvalue weighted by molar-refractivity contribution is -0.152. The van der Waals surface area contributed by atoms with Crippen molar-refractivity contribution in [1.29, 1.82) is 0 Å². The molecule has 4 aliphatic rings. The SMILES string of the molecule is C[C@@H](OCC1CCCCC1)[C@@H](CO)NC(=O)[C@@H]1CN(C(=O)c2cnn(Cc3ccccc3)c2)CC12CN(C(=O)[C@H]1CC1(C)C)C2. The third-order valence-electron chi connectivity index (χ3n) is 10.9. The van der Waals surface area contributed by atoms with Gasteiger partial charge in [0.25, 0.3) is 5.91 Å². The molecule has 10 heteroatoms. The lowest BCUT2D eigenvalue weighted by atomic mass is 9.70. The van der Waals surface area contributed by atoms with Gasteiger partial charge in [-0.25, -0.2) is 0 Å². The minimum Gasteiger partial charge on any atom is -0.394 e. The highest BCUT2D eigenvalue weighted by molar-refractivity contribution is 5.95. The molecule has 0 unspecified atom stereocenters. The standard InChI is InChI=1S/C35H49N5O5/c1-24(45-20-26-12-8-5-9-13-26)30(19-41)37-31(42)29-18-38(21-35(29)22-39(23-35)33(44)28-14-34(28,2)3)32(43)27-15-36-40(17-27)16-25-10-6-4-7-11-25/h4,6-7,10-11,15,17,24,26,28-30,41H,5,8-9,12-14,16,18-23H2,1-3H3,(H,37,42)/t24-,28-,29+,30-/m1/s1. The Hall–Kier alpha value is -3.24. The maximum atomic E-state index is 13.9. The average Bonchev–Trinajstić information content (AvgIpc) is 3.33. The van der Waals surface area contributed by atoms with Crippen LogP contribution in [-0.2, 0) is 20.9 Å². The van der Waals surface area contributed by atoms with E-state index in [1.54, 1.807) is 22.0 Å². The van der Waals surface area contributed by atoms with E-state index in [0.717, 1.165) is 24.8 Å². The number of hydrogen-bond donors (Lipinski definition) is 2. The maximum absolute atomic E-state index is 13.9. The molecular formula is C35H49N5O5. The van der Waals surface area contributed by atoms with E-state index >= 15 is 0 Å². The molecule has 4 fully saturated rings. The highest BCUT2D eigenvalue weighted by Crippen LogP contribution is 2.54. The van der Waals surface area contributed by atoms with Crippen LogP contribution in [0.2, 0.25) is 0 Å². The molecule has 2 aliphatic heterocycles. The van der Waals surface area contributed by atoms with Crippen molar-refractivity contribution in [2.75, 3.05) is 39.4 Å². The van der Waals surface area contributed by atoms with Crippen molar-refractivity contribution in [3.63, 3.8) is 0 Å². The van der Waals surface area contributed by atoms with E-state index in [2.05, 4.69) is 24.3 Å². The molecule has 0 bridgehead atoms. The number of aliphatic hydroxyl groups is 1. The molecule has 1 aromatic carbocycles. The van der Waals surface area contributed by atoms with Gasteiger partial charge in [-0.3, -0.25) is 19.1 Å². The summed E-state index contributed by atoms with van der Waals surface area (Å²) >= 11 is 0. The lowest BCUT2D eigenvalue weighted by Gasteiger charge is -2.50. The summed E-state index contributed by atoms with van der Waals surface area (Å²) < 4.78 is 7.90. The fourth-order valence-electron chi connectivity index (χ4n) is 7.65. The normalized spacial score (nSPS) is 25.1. The van der Waals surface area contributed by atoms with Crippen LogP contribution in [0.3, 0.4) is 0 Å². The van der Waals surface area contributed by atoms with Crippen LogP contribution in [-0.4, -0.2) is 93.9 Å². The van der Waals surface area contributed by atoms with E-state index in [1.807, 2.05) is 42.2 Å².